The third-order valence-electron chi connectivity index (χ3n) is 20.2. The lowest BCUT2D eigenvalue weighted by Crippen LogP contribution is -2.30. The van der Waals surface area contributed by atoms with E-state index in [0.717, 1.165) is 114 Å². The third-order valence-corrected chi connectivity index (χ3v) is 22.1. The number of phosphoric ester groups is 2. The maximum absolute atomic E-state index is 13.1. The van der Waals surface area contributed by atoms with Crippen molar-refractivity contribution in [1.82, 2.24) is 0 Å². The van der Waals surface area contributed by atoms with E-state index in [9.17, 15) is 43.2 Å². The van der Waals surface area contributed by atoms with Gasteiger partial charge in [0, 0.05) is 25.7 Å². The van der Waals surface area contributed by atoms with Crippen molar-refractivity contribution in [2.24, 2.45) is 23.7 Å². The predicted molar refractivity (Wildman–Crippen MR) is 414 cm³/mol. The minimum atomic E-state index is -4.96. The lowest BCUT2D eigenvalue weighted by atomic mass is 9.99. The van der Waals surface area contributed by atoms with Crippen LogP contribution in [0.15, 0.2) is 0 Å². The number of carbonyl (C=O) groups is 4. The number of hydrogen-bond donors (Lipinski definition) is 3. The van der Waals surface area contributed by atoms with Gasteiger partial charge in [-0.1, -0.05) is 370 Å². The van der Waals surface area contributed by atoms with Crippen LogP contribution in [0, 0.1) is 23.7 Å². The van der Waals surface area contributed by atoms with E-state index in [-0.39, 0.29) is 25.7 Å². The molecule has 0 aromatic rings. The zero-order chi connectivity index (χ0) is 74.6. The van der Waals surface area contributed by atoms with E-state index in [4.69, 9.17) is 37.0 Å². The van der Waals surface area contributed by atoms with Gasteiger partial charge in [0.1, 0.15) is 19.3 Å². The fourth-order valence-corrected chi connectivity index (χ4v) is 14.1. The molecule has 0 radical (unpaired) electrons. The minimum Gasteiger partial charge on any atom is -0.462 e. The van der Waals surface area contributed by atoms with Crippen molar-refractivity contribution in [3.8, 4) is 0 Å². The van der Waals surface area contributed by atoms with Gasteiger partial charge in [0.2, 0.25) is 0 Å². The van der Waals surface area contributed by atoms with Gasteiger partial charge in [-0.25, -0.2) is 9.13 Å². The first kappa shape index (κ1) is 99.1. The van der Waals surface area contributed by atoms with Crippen molar-refractivity contribution in [2.45, 2.75) is 440 Å². The normalized spacial score (nSPS) is 14.8. The Balaban J connectivity index is 5.24. The van der Waals surface area contributed by atoms with Crippen molar-refractivity contribution < 1.29 is 80.2 Å². The highest BCUT2D eigenvalue weighted by Crippen LogP contribution is 2.45. The first-order chi connectivity index (χ1) is 48.7. The van der Waals surface area contributed by atoms with Gasteiger partial charge in [0.05, 0.1) is 26.4 Å². The standard InChI is InChI=1S/C82H160O17P2/c1-9-73(6)59-51-43-35-27-20-18-16-14-12-13-15-17-19-21-30-40-48-56-64-81(86)98-77(68-92-79(84)62-54-46-38-29-25-23-28-36-44-52-60-74(7)10-2)70-96-100(88,89)94-66-76(83)67-95-101(90,91)97-71-78(69-93-80(85)63-55-47-39-33-32-37-45-53-61-75(8)11-3)99-82(87)65-57-49-41-31-24-22-26-34-42-50-58-72(4)5/h72-78,83H,9-71H2,1-8H3,(H,88,89)(H,90,91)/t73?,74?,75?,76-,77-,78-/m1/s1. The Labute approximate surface area is 619 Å². The Hall–Kier alpha value is -1.94. The van der Waals surface area contributed by atoms with E-state index < -0.39 is 97.5 Å². The summed E-state index contributed by atoms with van der Waals surface area (Å²) in [6.45, 7) is 14.3. The number of aliphatic hydroxyl groups is 1. The summed E-state index contributed by atoms with van der Waals surface area (Å²) in [5.41, 5.74) is 0. The van der Waals surface area contributed by atoms with E-state index in [2.05, 4.69) is 55.4 Å². The van der Waals surface area contributed by atoms with Crippen LogP contribution in [-0.4, -0.2) is 96.7 Å². The van der Waals surface area contributed by atoms with Crippen molar-refractivity contribution in [3.05, 3.63) is 0 Å². The number of ether oxygens (including phenoxy) is 4. The lowest BCUT2D eigenvalue weighted by Gasteiger charge is -2.21. The Kier molecular flexibility index (Phi) is 69.6. The topological polar surface area (TPSA) is 237 Å². The number of rotatable bonds is 79. The Bertz CT molecular complexity index is 1980. The molecule has 0 fully saturated rings. The summed E-state index contributed by atoms with van der Waals surface area (Å²) in [4.78, 5) is 73.1. The fraction of sp³-hybridized carbons (Fsp3) is 0.951. The summed E-state index contributed by atoms with van der Waals surface area (Å²) in [6.07, 6.45) is 58.1. The van der Waals surface area contributed by atoms with E-state index in [1.165, 1.54) is 225 Å². The number of esters is 4. The smallest absolute Gasteiger partial charge is 0.462 e. The van der Waals surface area contributed by atoms with Crippen LogP contribution >= 0.6 is 15.6 Å². The summed E-state index contributed by atoms with van der Waals surface area (Å²) >= 11 is 0. The summed E-state index contributed by atoms with van der Waals surface area (Å²) in [5.74, 6) is 1.10. The second kappa shape index (κ2) is 71.0. The summed E-state index contributed by atoms with van der Waals surface area (Å²) < 4.78 is 68.8. The largest absolute Gasteiger partial charge is 0.472 e. The molecule has 600 valence electrons. The highest BCUT2D eigenvalue weighted by atomic mass is 31.2. The molecule has 0 aliphatic heterocycles. The third kappa shape index (κ3) is 72.1. The van der Waals surface area contributed by atoms with Crippen LogP contribution in [0.3, 0.4) is 0 Å². The number of phosphoric acid groups is 2. The molecule has 0 aliphatic carbocycles. The predicted octanol–water partition coefficient (Wildman–Crippen LogP) is 24.4. The Morgan fingerprint density at radius 3 is 0.703 bits per heavy atom. The van der Waals surface area contributed by atoms with Gasteiger partial charge < -0.3 is 33.8 Å². The maximum Gasteiger partial charge on any atom is 0.472 e. The fourth-order valence-electron chi connectivity index (χ4n) is 12.5. The molecule has 101 heavy (non-hydrogen) atoms. The molecule has 0 rings (SSSR count). The van der Waals surface area contributed by atoms with Gasteiger partial charge in [0.25, 0.3) is 0 Å². The van der Waals surface area contributed by atoms with Gasteiger partial charge in [-0.3, -0.25) is 37.3 Å². The lowest BCUT2D eigenvalue weighted by molar-refractivity contribution is -0.161. The monoisotopic (exact) mass is 1480 g/mol. The van der Waals surface area contributed by atoms with Crippen molar-refractivity contribution in [1.29, 1.82) is 0 Å². The quantitative estimate of drug-likeness (QED) is 0.0222. The Morgan fingerprint density at radius 1 is 0.277 bits per heavy atom. The number of carbonyl (C=O) groups excluding carboxylic acids is 4. The number of hydrogen-bond acceptors (Lipinski definition) is 15. The Morgan fingerprint density at radius 2 is 0.475 bits per heavy atom. The van der Waals surface area contributed by atoms with E-state index in [1.807, 2.05) is 0 Å². The second-order valence-corrected chi connectivity index (χ2v) is 33.6. The molecule has 0 aliphatic rings. The van der Waals surface area contributed by atoms with Crippen molar-refractivity contribution in [3.63, 3.8) is 0 Å². The highest BCUT2D eigenvalue weighted by molar-refractivity contribution is 7.47. The van der Waals surface area contributed by atoms with Crippen LogP contribution in [0.5, 0.6) is 0 Å². The van der Waals surface area contributed by atoms with Gasteiger partial charge in [-0.15, -0.1) is 0 Å². The molecule has 5 unspecified atom stereocenters. The van der Waals surface area contributed by atoms with Crippen LogP contribution in [0.25, 0.3) is 0 Å². The molecular formula is C82H160O17P2. The van der Waals surface area contributed by atoms with E-state index in [0.29, 0.717) is 25.7 Å². The van der Waals surface area contributed by atoms with Gasteiger partial charge in [-0.2, -0.15) is 0 Å². The molecular weight excluding hydrogens is 1320 g/mol. The summed E-state index contributed by atoms with van der Waals surface area (Å²) in [7, 11) is -9.92. The molecule has 0 saturated carbocycles. The summed E-state index contributed by atoms with van der Waals surface area (Å²) in [6, 6.07) is 0. The van der Waals surface area contributed by atoms with E-state index >= 15 is 0 Å². The SMILES string of the molecule is CCC(C)CCCCCCCCCCCCCCCCCCCCC(=O)O[C@H](COC(=O)CCCCCCCCCCCCC(C)CC)COP(=O)(O)OC[C@@H](O)COP(=O)(O)OC[C@@H](COC(=O)CCCCCCCCCCC(C)CC)OC(=O)CCCCCCCCCCCCC(C)C. The van der Waals surface area contributed by atoms with Crippen LogP contribution in [0.4, 0.5) is 0 Å². The minimum absolute atomic E-state index is 0.105. The van der Waals surface area contributed by atoms with Crippen LogP contribution in [-0.2, 0) is 65.4 Å². The highest BCUT2D eigenvalue weighted by Gasteiger charge is 2.30. The molecule has 3 N–H and O–H groups in total. The zero-order valence-electron chi connectivity index (χ0n) is 66.5. The first-order valence-electron chi connectivity index (χ1n) is 42.3. The molecule has 0 spiro atoms. The van der Waals surface area contributed by atoms with Crippen LogP contribution in [0.2, 0.25) is 0 Å². The molecule has 0 bridgehead atoms. The molecule has 0 saturated heterocycles. The van der Waals surface area contributed by atoms with Crippen LogP contribution in [0.1, 0.15) is 421 Å². The first-order valence-corrected chi connectivity index (χ1v) is 45.3. The maximum atomic E-state index is 13.1. The average molecular weight is 1480 g/mol. The molecule has 0 amide bonds. The van der Waals surface area contributed by atoms with Crippen molar-refractivity contribution >= 4 is 39.5 Å². The molecule has 0 heterocycles. The summed E-state index contributed by atoms with van der Waals surface area (Å²) in [5, 5.41) is 10.6. The van der Waals surface area contributed by atoms with Gasteiger partial charge >= 0.3 is 39.5 Å². The molecule has 19 heteroatoms. The van der Waals surface area contributed by atoms with Crippen molar-refractivity contribution in [2.75, 3.05) is 39.6 Å². The van der Waals surface area contributed by atoms with Crippen LogP contribution < -0.4 is 0 Å². The zero-order valence-corrected chi connectivity index (χ0v) is 68.3. The molecule has 0 aromatic heterocycles. The average Bonchev–Trinajstić information content (AvgIpc) is 0.982. The molecule has 0 aromatic carbocycles. The molecule has 17 nitrogen and oxygen atoms in total. The van der Waals surface area contributed by atoms with Gasteiger partial charge in [0.15, 0.2) is 12.2 Å². The molecule has 8 atom stereocenters. The van der Waals surface area contributed by atoms with Gasteiger partial charge in [-0.05, 0) is 49.4 Å². The van der Waals surface area contributed by atoms with E-state index in [1.54, 1.807) is 0 Å². The second-order valence-electron chi connectivity index (χ2n) is 30.7. The number of aliphatic hydroxyl groups excluding tert-OH is 1. The number of unbranched alkanes of at least 4 members (excludes halogenated alkanes) is 42.